The second-order valence-corrected chi connectivity index (χ2v) is 8.43. The van der Waals surface area contributed by atoms with E-state index in [9.17, 15) is 18.0 Å². The van der Waals surface area contributed by atoms with E-state index in [1.165, 1.54) is 23.5 Å². The van der Waals surface area contributed by atoms with Crippen LogP contribution in [0, 0.1) is 0 Å². The molecule has 0 saturated carbocycles. The Labute approximate surface area is 177 Å². The van der Waals surface area contributed by atoms with Gasteiger partial charge in [0.2, 0.25) is 0 Å². The Morgan fingerprint density at radius 3 is 2.61 bits per heavy atom. The molecule has 0 amide bonds. The van der Waals surface area contributed by atoms with Gasteiger partial charge in [-0.15, -0.1) is 11.3 Å². The molecule has 4 heterocycles. The van der Waals surface area contributed by atoms with Gasteiger partial charge in [-0.1, -0.05) is 30.3 Å². The summed E-state index contributed by atoms with van der Waals surface area (Å²) in [5, 5.41) is 3.38. The largest absolute Gasteiger partial charge is 0.416 e. The molecular formula is C23H14F3N3OS. The number of benzene rings is 2. The minimum Gasteiger partial charge on any atom is -0.352 e. The van der Waals surface area contributed by atoms with Gasteiger partial charge in [0.15, 0.2) is 5.82 Å². The Kier molecular flexibility index (Phi) is 3.74. The molecule has 2 aromatic carbocycles. The molecule has 0 unspecified atom stereocenters. The number of nitrogens with one attached hydrogen (secondary N) is 1. The van der Waals surface area contributed by atoms with Crippen molar-refractivity contribution < 1.29 is 13.2 Å². The van der Waals surface area contributed by atoms with Crippen LogP contribution in [0.15, 0.2) is 58.7 Å². The number of thiophene rings is 1. The van der Waals surface area contributed by atoms with Gasteiger partial charge in [-0.05, 0) is 35.7 Å². The third-order valence-electron chi connectivity index (χ3n) is 5.84. The van der Waals surface area contributed by atoms with Gasteiger partial charge in [0, 0.05) is 28.4 Å². The normalized spacial score (nSPS) is 13.5. The Hall–Kier alpha value is -3.39. The highest BCUT2D eigenvalue weighted by molar-refractivity contribution is 7.17. The molecule has 0 radical (unpaired) electrons. The molecular weight excluding hydrogens is 423 g/mol. The van der Waals surface area contributed by atoms with E-state index in [4.69, 9.17) is 4.98 Å². The molecule has 0 spiro atoms. The van der Waals surface area contributed by atoms with Gasteiger partial charge in [-0.2, -0.15) is 13.2 Å². The number of alkyl halides is 3. The maximum atomic E-state index is 13.4. The highest BCUT2D eigenvalue weighted by Crippen LogP contribution is 2.37. The first-order valence-corrected chi connectivity index (χ1v) is 10.6. The maximum absolute atomic E-state index is 13.4. The number of H-pyrrole nitrogens is 1. The second-order valence-electron chi connectivity index (χ2n) is 7.57. The molecule has 1 N–H and O–H groups in total. The number of hydrogen-bond donors (Lipinski definition) is 1. The highest BCUT2D eigenvalue weighted by atomic mass is 32.1. The molecule has 5 aromatic rings. The summed E-state index contributed by atoms with van der Waals surface area (Å²) in [6.45, 7) is 0.508. The van der Waals surface area contributed by atoms with Gasteiger partial charge in [0.25, 0.3) is 5.56 Å². The number of halogens is 3. The molecule has 0 saturated heterocycles. The van der Waals surface area contributed by atoms with Crippen LogP contribution >= 0.6 is 11.3 Å². The van der Waals surface area contributed by atoms with Crippen molar-refractivity contribution in [1.82, 2.24) is 14.5 Å². The molecule has 1 aliphatic heterocycles. The molecule has 8 heteroatoms. The third kappa shape index (κ3) is 2.68. The summed E-state index contributed by atoms with van der Waals surface area (Å²) >= 11 is 1.33. The van der Waals surface area contributed by atoms with Crippen LogP contribution in [0.25, 0.3) is 43.8 Å². The first kappa shape index (κ1) is 18.4. The number of aromatic nitrogens is 3. The Bertz CT molecular complexity index is 1540. The molecule has 0 atom stereocenters. The van der Waals surface area contributed by atoms with Crippen LogP contribution in [-0.2, 0) is 19.1 Å². The van der Waals surface area contributed by atoms with Crippen molar-refractivity contribution in [3.8, 4) is 22.6 Å². The van der Waals surface area contributed by atoms with Crippen LogP contribution in [0.3, 0.4) is 0 Å². The summed E-state index contributed by atoms with van der Waals surface area (Å²) in [5.74, 6) is 0.607. The molecule has 0 fully saturated rings. The first-order chi connectivity index (χ1) is 14.9. The van der Waals surface area contributed by atoms with Gasteiger partial charge in [0.05, 0.1) is 16.6 Å². The average molecular weight is 437 g/mol. The molecule has 3 aromatic heterocycles. The molecule has 6 rings (SSSR count). The van der Waals surface area contributed by atoms with E-state index in [-0.39, 0.29) is 5.56 Å². The number of nitrogens with zero attached hydrogens (tertiary/aromatic N) is 2. The van der Waals surface area contributed by atoms with Gasteiger partial charge < -0.3 is 4.98 Å². The first-order valence-electron chi connectivity index (χ1n) is 9.71. The molecule has 0 aliphatic carbocycles. The minimum atomic E-state index is -4.40. The van der Waals surface area contributed by atoms with Gasteiger partial charge in [0.1, 0.15) is 4.83 Å². The second kappa shape index (κ2) is 6.31. The summed E-state index contributed by atoms with van der Waals surface area (Å²) < 4.78 is 40.4. The van der Waals surface area contributed by atoms with Crippen molar-refractivity contribution in [2.45, 2.75) is 19.1 Å². The SMILES string of the molecule is O=c1c2c(-c3ccc(C(F)(F)F)cc3)csc2nc2n1CCc1c-2[nH]c2ccccc12. The highest BCUT2D eigenvalue weighted by Gasteiger charge is 2.30. The zero-order valence-electron chi connectivity index (χ0n) is 16.0. The van der Waals surface area contributed by atoms with Crippen molar-refractivity contribution in [2.24, 2.45) is 0 Å². The van der Waals surface area contributed by atoms with Crippen LogP contribution in [0.5, 0.6) is 0 Å². The number of para-hydroxylation sites is 1. The molecule has 1 aliphatic rings. The lowest BCUT2D eigenvalue weighted by Gasteiger charge is -2.18. The lowest BCUT2D eigenvalue weighted by molar-refractivity contribution is -0.137. The Morgan fingerprint density at radius 1 is 1.06 bits per heavy atom. The van der Waals surface area contributed by atoms with Crippen molar-refractivity contribution >= 4 is 32.5 Å². The van der Waals surface area contributed by atoms with Gasteiger partial charge in [-0.3, -0.25) is 9.36 Å². The molecule has 0 bridgehead atoms. The zero-order valence-corrected chi connectivity index (χ0v) is 16.8. The van der Waals surface area contributed by atoms with E-state index < -0.39 is 11.7 Å². The number of rotatable bonds is 1. The number of hydrogen-bond acceptors (Lipinski definition) is 3. The number of fused-ring (bicyclic) bond motifs is 6. The van der Waals surface area contributed by atoms with E-state index in [0.29, 0.717) is 40.1 Å². The van der Waals surface area contributed by atoms with E-state index >= 15 is 0 Å². The number of aryl methyl sites for hydroxylation is 1. The fraction of sp³-hybridized carbons (Fsp3) is 0.130. The van der Waals surface area contributed by atoms with Gasteiger partial charge in [-0.25, -0.2) is 4.98 Å². The summed E-state index contributed by atoms with van der Waals surface area (Å²) in [5.41, 5.74) is 3.32. The standard InChI is InChI=1S/C23H14F3N3OS/c24-23(25,26)13-7-5-12(6-8-13)16-11-31-21-18(16)22(30)29-10-9-15-14-3-1-2-4-17(14)27-19(15)20(29)28-21/h1-8,11,27H,9-10H2. The summed E-state index contributed by atoms with van der Waals surface area (Å²) in [6, 6.07) is 12.9. The summed E-state index contributed by atoms with van der Waals surface area (Å²) in [6.07, 6.45) is -3.69. The lowest BCUT2D eigenvalue weighted by atomic mass is 10.0. The topological polar surface area (TPSA) is 50.7 Å². The van der Waals surface area contributed by atoms with Gasteiger partial charge >= 0.3 is 6.18 Å². The van der Waals surface area contributed by atoms with E-state index in [0.717, 1.165) is 34.3 Å². The third-order valence-corrected chi connectivity index (χ3v) is 6.71. The van der Waals surface area contributed by atoms with Crippen LogP contribution < -0.4 is 5.56 Å². The number of aromatic amines is 1. The predicted octanol–water partition coefficient (Wildman–Crippen LogP) is 5.85. The van der Waals surface area contributed by atoms with Crippen LogP contribution in [0.4, 0.5) is 13.2 Å². The fourth-order valence-electron chi connectivity index (χ4n) is 4.35. The minimum absolute atomic E-state index is 0.166. The zero-order chi connectivity index (χ0) is 21.3. The monoisotopic (exact) mass is 437 g/mol. The summed E-state index contributed by atoms with van der Waals surface area (Å²) in [4.78, 5) is 22.2. The smallest absolute Gasteiger partial charge is 0.352 e. The molecule has 154 valence electrons. The van der Waals surface area contributed by atoms with Crippen molar-refractivity contribution in [1.29, 1.82) is 0 Å². The van der Waals surface area contributed by atoms with E-state index in [2.05, 4.69) is 11.1 Å². The molecule has 4 nitrogen and oxygen atoms in total. The lowest BCUT2D eigenvalue weighted by Crippen LogP contribution is -2.27. The van der Waals surface area contributed by atoms with E-state index in [1.807, 2.05) is 18.2 Å². The van der Waals surface area contributed by atoms with Crippen LogP contribution in [-0.4, -0.2) is 14.5 Å². The van der Waals surface area contributed by atoms with Crippen molar-refractivity contribution in [3.05, 3.63) is 75.4 Å². The Balaban J connectivity index is 1.54. The van der Waals surface area contributed by atoms with E-state index in [1.54, 1.807) is 9.95 Å². The fourth-order valence-corrected chi connectivity index (χ4v) is 5.29. The average Bonchev–Trinajstić information content (AvgIpc) is 3.35. The maximum Gasteiger partial charge on any atom is 0.416 e. The summed E-state index contributed by atoms with van der Waals surface area (Å²) in [7, 11) is 0. The van der Waals surface area contributed by atoms with Crippen molar-refractivity contribution in [3.63, 3.8) is 0 Å². The Morgan fingerprint density at radius 2 is 1.84 bits per heavy atom. The molecule has 31 heavy (non-hydrogen) atoms. The van der Waals surface area contributed by atoms with Crippen LogP contribution in [0.2, 0.25) is 0 Å². The van der Waals surface area contributed by atoms with Crippen molar-refractivity contribution in [2.75, 3.05) is 0 Å². The van der Waals surface area contributed by atoms with Crippen LogP contribution in [0.1, 0.15) is 11.1 Å². The predicted molar refractivity (Wildman–Crippen MR) is 115 cm³/mol. The quantitative estimate of drug-likeness (QED) is 0.358.